The van der Waals surface area contributed by atoms with E-state index < -0.39 is 18.1 Å². The molecule has 1 N–H and O–H groups in total. The van der Waals surface area contributed by atoms with Crippen molar-refractivity contribution < 1.29 is 19.1 Å². The lowest BCUT2D eigenvalue weighted by atomic mass is 10.2. The summed E-state index contributed by atoms with van der Waals surface area (Å²) in [4.78, 5) is 22.3. The second-order valence-electron chi connectivity index (χ2n) is 3.45. The average molecular weight is 274 g/mol. The predicted octanol–water partition coefficient (Wildman–Crippen LogP) is 1.90. The molecule has 1 rings (SSSR count). The molecule has 0 fully saturated rings. The van der Waals surface area contributed by atoms with Gasteiger partial charge in [0.15, 0.2) is 0 Å². The van der Waals surface area contributed by atoms with Crippen molar-refractivity contribution in [2.45, 2.75) is 19.6 Å². The van der Waals surface area contributed by atoms with Gasteiger partial charge in [0, 0.05) is 0 Å². The highest BCUT2D eigenvalue weighted by molar-refractivity contribution is 5.85. The van der Waals surface area contributed by atoms with Crippen LogP contribution in [0.1, 0.15) is 12.5 Å². The molecule has 0 saturated carbocycles. The molecule has 1 aromatic rings. The van der Waals surface area contributed by atoms with Crippen LogP contribution in [0.25, 0.3) is 0 Å². The molecule has 0 spiro atoms. The number of alkyl carbamates (subject to hydrolysis) is 1. The summed E-state index contributed by atoms with van der Waals surface area (Å²) in [5.74, 6) is -0.512. The van der Waals surface area contributed by atoms with Gasteiger partial charge in [0.1, 0.15) is 12.6 Å². The largest absolute Gasteiger partial charge is 0.467 e. The van der Waals surface area contributed by atoms with Gasteiger partial charge < -0.3 is 14.8 Å². The number of hydrogen-bond donors (Lipinski definition) is 1. The van der Waals surface area contributed by atoms with Crippen LogP contribution in [-0.4, -0.2) is 25.2 Å². The van der Waals surface area contributed by atoms with E-state index in [0.29, 0.717) is 0 Å². The van der Waals surface area contributed by atoms with E-state index in [9.17, 15) is 9.59 Å². The summed E-state index contributed by atoms with van der Waals surface area (Å²) in [7, 11) is 1.26. The van der Waals surface area contributed by atoms with Gasteiger partial charge in [0.2, 0.25) is 0 Å². The highest BCUT2D eigenvalue weighted by Crippen LogP contribution is 2.00. The smallest absolute Gasteiger partial charge is 0.408 e. The molecular weight excluding hydrogens is 258 g/mol. The van der Waals surface area contributed by atoms with Crippen LogP contribution in [0.15, 0.2) is 30.3 Å². The van der Waals surface area contributed by atoms with Crippen LogP contribution < -0.4 is 5.32 Å². The number of hydrogen-bond acceptors (Lipinski definition) is 4. The maximum atomic E-state index is 11.3. The quantitative estimate of drug-likeness (QED) is 0.851. The summed E-state index contributed by atoms with van der Waals surface area (Å²) >= 11 is 0. The number of methoxy groups -OCH3 is 1. The van der Waals surface area contributed by atoms with Crippen molar-refractivity contribution in [1.29, 1.82) is 0 Å². The first-order chi connectivity index (χ1) is 8.13. The minimum Gasteiger partial charge on any atom is -0.467 e. The van der Waals surface area contributed by atoms with E-state index in [1.807, 2.05) is 30.3 Å². The maximum absolute atomic E-state index is 11.3. The van der Waals surface area contributed by atoms with Gasteiger partial charge in [0.25, 0.3) is 0 Å². The topological polar surface area (TPSA) is 64.6 Å². The third kappa shape index (κ3) is 5.54. The summed E-state index contributed by atoms with van der Waals surface area (Å²) in [6.07, 6.45) is -0.647. The summed E-state index contributed by atoms with van der Waals surface area (Å²) in [5.41, 5.74) is 0.883. The van der Waals surface area contributed by atoms with Crippen molar-refractivity contribution >= 4 is 24.5 Å². The van der Waals surface area contributed by atoms with Crippen molar-refractivity contribution in [2.24, 2.45) is 0 Å². The van der Waals surface area contributed by atoms with Gasteiger partial charge >= 0.3 is 12.1 Å². The van der Waals surface area contributed by atoms with Crippen molar-refractivity contribution in [2.75, 3.05) is 7.11 Å². The molecule has 0 aliphatic carbocycles. The molecule has 0 saturated heterocycles. The Kier molecular flexibility index (Phi) is 7.54. The lowest BCUT2D eigenvalue weighted by Gasteiger charge is -2.11. The number of carbonyl (C=O) groups excluding carboxylic acids is 2. The van der Waals surface area contributed by atoms with Crippen molar-refractivity contribution in [3.63, 3.8) is 0 Å². The van der Waals surface area contributed by atoms with Crippen molar-refractivity contribution in [1.82, 2.24) is 5.32 Å². The number of carbonyl (C=O) groups is 2. The zero-order valence-electron chi connectivity index (χ0n) is 10.2. The number of esters is 1. The van der Waals surface area contributed by atoms with Crippen LogP contribution in [0, 0.1) is 0 Å². The molecule has 1 amide bonds. The van der Waals surface area contributed by atoms with Gasteiger partial charge in [-0.2, -0.15) is 0 Å². The monoisotopic (exact) mass is 273 g/mol. The van der Waals surface area contributed by atoms with E-state index in [4.69, 9.17) is 4.74 Å². The van der Waals surface area contributed by atoms with E-state index in [0.717, 1.165) is 5.56 Å². The number of halogens is 1. The summed E-state index contributed by atoms with van der Waals surface area (Å²) in [5, 5.41) is 2.37. The van der Waals surface area contributed by atoms with Gasteiger partial charge in [-0.05, 0) is 12.5 Å². The Hall–Kier alpha value is -1.75. The zero-order chi connectivity index (χ0) is 12.7. The Morgan fingerprint density at radius 2 is 1.89 bits per heavy atom. The van der Waals surface area contributed by atoms with Crippen molar-refractivity contribution in [3.8, 4) is 0 Å². The van der Waals surface area contributed by atoms with Crippen LogP contribution in [-0.2, 0) is 20.9 Å². The Morgan fingerprint density at radius 3 is 2.44 bits per heavy atom. The van der Waals surface area contributed by atoms with Crippen molar-refractivity contribution in [3.05, 3.63) is 35.9 Å². The molecule has 0 heterocycles. The standard InChI is InChI=1S/C12H15NO4.ClH/c1-9(11(14)16-2)13-12(15)17-8-10-6-4-3-5-7-10;/h3-7,9H,8H2,1-2H3,(H,13,15);1H/t9-;/m0./s1. The minimum atomic E-state index is -0.719. The molecule has 0 aliphatic rings. The molecule has 0 unspecified atom stereocenters. The summed E-state index contributed by atoms with van der Waals surface area (Å²) < 4.78 is 9.40. The second kappa shape index (κ2) is 8.36. The van der Waals surface area contributed by atoms with E-state index in [-0.39, 0.29) is 19.0 Å². The number of ether oxygens (including phenoxy) is 2. The van der Waals surface area contributed by atoms with Gasteiger partial charge in [-0.25, -0.2) is 9.59 Å². The van der Waals surface area contributed by atoms with Crippen LogP contribution in [0.2, 0.25) is 0 Å². The fourth-order valence-corrected chi connectivity index (χ4v) is 1.18. The molecule has 6 heteroatoms. The van der Waals surface area contributed by atoms with Crippen LogP contribution in [0.5, 0.6) is 0 Å². The number of rotatable bonds is 4. The lowest BCUT2D eigenvalue weighted by Crippen LogP contribution is -2.39. The normalized spacial score (nSPS) is 10.8. The van der Waals surface area contributed by atoms with E-state index >= 15 is 0 Å². The molecule has 5 nitrogen and oxygen atoms in total. The van der Waals surface area contributed by atoms with Crippen LogP contribution in [0.3, 0.4) is 0 Å². The first-order valence-electron chi connectivity index (χ1n) is 5.18. The van der Waals surface area contributed by atoms with E-state index in [1.165, 1.54) is 14.0 Å². The SMILES string of the molecule is COC(=O)[C@H](C)NC(=O)OCc1ccccc1.Cl. The molecule has 0 radical (unpaired) electrons. The Labute approximate surface area is 112 Å². The second-order valence-corrected chi connectivity index (χ2v) is 3.45. The van der Waals surface area contributed by atoms with Crippen LogP contribution in [0.4, 0.5) is 4.79 Å². The fraction of sp³-hybridized carbons (Fsp3) is 0.333. The van der Waals surface area contributed by atoms with Gasteiger partial charge in [-0.3, -0.25) is 0 Å². The highest BCUT2D eigenvalue weighted by Gasteiger charge is 2.16. The maximum Gasteiger partial charge on any atom is 0.408 e. The molecule has 1 atom stereocenters. The Bertz CT molecular complexity index is 383. The number of benzene rings is 1. The van der Waals surface area contributed by atoms with Gasteiger partial charge in [0.05, 0.1) is 7.11 Å². The average Bonchev–Trinajstić information content (AvgIpc) is 2.36. The molecule has 1 aromatic carbocycles. The fourth-order valence-electron chi connectivity index (χ4n) is 1.18. The molecule has 0 bridgehead atoms. The molecular formula is C12H16ClNO4. The summed E-state index contributed by atoms with van der Waals surface area (Å²) in [6.45, 7) is 1.69. The summed E-state index contributed by atoms with van der Waals surface area (Å²) in [6, 6.07) is 8.56. The predicted molar refractivity (Wildman–Crippen MR) is 68.5 cm³/mol. The number of nitrogens with one attached hydrogen (secondary N) is 1. The minimum absolute atomic E-state index is 0. The molecule has 100 valence electrons. The molecule has 0 aromatic heterocycles. The highest BCUT2D eigenvalue weighted by atomic mass is 35.5. The van der Waals surface area contributed by atoms with E-state index in [1.54, 1.807) is 0 Å². The lowest BCUT2D eigenvalue weighted by molar-refractivity contribution is -0.142. The Balaban J connectivity index is 0.00000289. The first kappa shape index (κ1) is 16.2. The van der Waals surface area contributed by atoms with Gasteiger partial charge in [-0.15, -0.1) is 12.4 Å². The van der Waals surface area contributed by atoms with Crippen LogP contribution >= 0.6 is 12.4 Å². The van der Waals surface area contributed by atoms with Gasteiger partial charge in [-0.1, -0.05) is 30.3 Å². The molecule has 18 heavy (non-hydrogen) atoms. The van der Waals surface area contributed by atoms with E-state index in [2.05, 4.69) is 10.1 Å². The number of amides is 1. The zero-order valence-corrected chi connectivity index (χ0v) is 11.0. The molecule has 0 aliphatic heterocycles. The third-order valence-electron chi connectivity index (χ3n) is 2.10. The third-order valence-corrected chi connectivity index (χ3v) is 2.10. The Morgan fingerprint density at radius 1 is 1.28 bits per heavy atom. The first-order valence-corrected chi connectivity index (χ1v) is 5.18.